The van der Waals surface area contributed by atoms with Gasteiger partial charge in [-0.25, -0.2) is 4.79 Å². The normalized spacial score (nSPS) is 13.9. The van der Waals surface area contributed by atoms with Gasteiger partial charge in [-0.1, -0.05) is 0 Å². The third-order valence-electron chi connectivity index (χ3n) is 4.83. The van der Waals surface area contributed by atoms with Crippen molar-refractivity contribution in [3.63, 3.8) is 0 Å². The lowest BCUT2D eigenvalue weighted by atomic mass is 10.2. The van der Waals surface area contributed by atoms with Crippen LogP contribution in [0.5, 0.6) is 11.5 Å². The van der Waals surface area contributed by atoms with E-state index in [1.54, 1.807) is 53.3 Å². The highest BCUT2D eigenvalue weighted by molar-refractivity contribution is 5.92. The van der Waals surface area contributed by atoms with E-state index >= 15 is 0 Å². The van der Waals surface area contributed by atoms with Crippen LogP contribution in [0.2, 0.25) is 0 Å². The van der Waals surface area contributed by atoms with E-state index < -0.39 is 5.97 Å². The van der Waals surface area contributed by atoms with Gasteiger partial charge in [-0.05, 0) is 30.3 Å². The Balaban J connectivity index is 1.45. The molecule has 1 aromatic heterocycles. The second-order valence-electron chi connectivity index (χ2n) is 6.70. The largest absolute Gasteiger partial charge is 0.497 e. The SMILES string of the molecule is COc1ccc(/C=C/C(=O)OCC(=O)N2CCN(C(=O)c3ccco3)CC2)c(OC)c1. The van der Waals surface area contributed by atoms with Crippen LogP contribution in [0.1, 0.15) is 16.1 Å². The minimum atomic E-state index is -0.641. The van der Waals surface area contributed by atoms with E-state index in [-0.39, 0.29) is 24.2 Å². The number of piperazine rings is 1. The summed E-state index contributed by atoms with van der Waals surface area (Å²) in [6.45, 7) is 1.13. The second-order valence-corrected chi connectivity index (χ2v) is 6.70. The number of furan rings is 1. The van der Waals surface area contributed by atoms with Crippen LogP contribution in [-0.4, -0.2) is 74.6 Å². The Morgan fingerprint density at radius 2 is 1.77 bits per heavy atom. The van der Waals surface area contributed by atoms with Crippen molar-refractivity contribution in [3.8, 4) is 11.5 Å². The van der Waals surface area contributed by atoms with E-state index in [0.717, 1.165) is 0 Å². The zero-order valence-electron chi connectivity index (χ0n) is 17.4. The van der Waals surface area contributed by atoms with E-state index in [1.165, 1.54) is 19.4 Å². The molecule has 1 aliphatic rings. The Labute approximate surface area is 179 Å². The summed E-state index contributed by atoms with van der Waals surface area (Å²) in [7, 11) is 3.07. The van der Waals surface area contributed by atoms with E-state index in [1.807, 2.05) is 0 Å². The van der Waals surface area contributed by atoms with Gasteiger partial charge in [-0.3, -0.25) is 9.59 Å². The topological polar surface area (TPSA) is 98.5 Å². The number of methoxy groups -OCH3 is 2. The maximum atomic E-state index is 12.3. The summed E-state index contributed by atoms with van der Waals surface area (Å²) in [4.78, 5) is 39.8. The molecule has 0 bridgehead atoms. The van der Waals surface area contributed by atoms with Crippen LogP contribution in [0.15, 0.2) is 47.1 Å². The van der Waals surface area contributed by atoms with Crippen LogP contribution in [0.25, 0.3) is 6.08 Å². The van der Waals surface area contributed by atoms with Crippen LogP contribution in [-0.2, 0) is 14.3 Å². The molecule has 0 radical (unpaired) electrons. The molecule has 0 spiro atoms. The maximum absolute atomic E-state index is 12.3. The Bertz CT molecular complexity index is 945. The summed E-state index contributed by atoms with van der Waals surface area (Å²) in [5.74, 6) is 0.290. The van der Waals surface area contributed by atoms with Crippen LogP contribution < -0.4 is 9.47 Å². The zero-order chi connectivity index (χ0) is 22.2. The summed E-state index contributed by atoms with van der Waals surface area (Å²) in [6, 6.07) is 8.45. The third-order valence-corrected chi connectivity index (χ3v) is 4.83. The molecule has 1 fully saturated rings. The van der Waals surface area contributed by atoms with E-state index in [9.17, 15) is 14.4 Å². The van der Waals surface area contributed by atoms with Gasteiger partial charge in [0.05, 0.1) is 20.5 Å². The van der Waals surface area contributed by atoms with E-state index in [2.05, 4.69) is 0 Å². The molecular weight excluding hydrogens is 404 g/mol. The predicted octanol–water partition coefficient (Wildman–Crippen LogP) is 1.84. The van der Waals surface area contributed by atoms with Crippen LogP contribution >= 0.6 is 0 Å². The minimum absolute atomic E-state index is 0.206. The molecule has 2 heterocycles. The highest BCUT2D eigenvalue weighted by Crippen LogP contribution is 2.25. The quantitative estimate of drug-likeness (QED) is 0.490. The highest BCUT2D eigenvalue weighted by atomic mass is 16.5. The van der Waals surface area contributed by atoms with Crippen molar-refractivity contribution in [2.75, 3.05) is 47.0 Å². The number of amides is 2. The van der Waals surface area contributed by atoms with Gasteiger partial charge in [0.1, 0.15) is 11.5 Å². The molecule has 0 atom stereocenters. The number of benzene rings is 1. The Morgan fingerprint density at radius 1 is 1.03 bits per heavy atom. The summed E-state index contributed by atoms with van der Waals surface area (Å²) in [5.41, 5.74) is 0.670. The molecule has 31 heavy (non-hydrogen) atoms. The van der Waals surface area contributed by atoms with Crippen molar-refractivity contribution in [1.29, 1.82) is 0 Å². The van der Waals surface area contributed by atoms with Gasteiger partial charge in [-0.2, -0.15) is 0 Å². The molecule has 2 aromatic rings. The molecule has 2 amide bonds. The van der Waals surface area contributed by atoms with Crippen molar-refractivity contribution < 1.29 is 33.0 Å². The molecule has 0 aliphatic carbocycles. The molecule has 164 valence electrons. The van der Waals surface area contributed by atoms with Gasteiger partial charge in [0.25, 0.3) is 11.8 Å². The molecule has 1 aromatic carbocycles. The smallest absolute Gasteiger partial charge is 0.331 e. The van der Waals surface area contributed by atoms with Crippen molar-refractivity contribution in [3.05, 3.63) is 54.0 Å². The number of rotatable bonds is 7. The first-order valence-electron chi connectivity index (χ1n) is 9.69. The third kappa shape index (κ3) is 5.65. The van der Waals surface area contributed by atoms with Crippen LogP contribution in [0.3, 0.4) is 0 Å². The fourth-order valence-corrected chi connectivity index (χ4v) is 3.10. The summed E-state index contributed by atoms with van der Waals surface area (Å²) in [5, 5.41) is 0. The Kier molecular flexibility index (Phi) is 7.31. The number of nitrogens with zero attached hydrogens (tertiary/aromatic N) is 2. The average Bonchev–Trinajstić information content (AvgIpc) is 3.35. The molecule has 0 N–H and O–H groups in total. The number of ether oxygens (including phenoxy) is 3. The average molecular weight is 428 g/mol. The molecule has 3 rings (SSSR count). The summed E-state index contributed by atoms with van der Waals surface area (Å²) >= 11 is 0. The number of hydrogen-bond donors (Lipinski definition) is 0. The maximum Gasteiger partial charge on any atom is 0.331 e. The van der Waals surface area contributed by atoms with E-state index in [0.29, 0.717) is 43.2 Å². The molecule has 1 saturated heterocycles. The van der Waals surface area contributed by atoms with Crippen molar-refractivity contribution in [2.45, 2.75) is 0 Å². The van der Waals surface area contributed by atoms with Gasteiger partial charge < -0.3 is 28.4 Å². The monoisotopic (exact) mass is 428 g/mol. The van der Waals surface area contributed by atoms with Crippen molar-refractivity contribution in [1.82, 2.24) is 9.80 Å². The number of hydrogen-bond acceptors (Lipinski definition) is 7. The van der Waals surface area contributed by atoms with Crippen molar-refractivity contribution >= 4 is 23.9 Å². The Hall–Kier alpha value is -3.75. The summed E-state index contributed by atoms with van der Waals surface area (Å²) < 4.78 is 20.6. The fraction of sp³-hybridized carbons (Fsp3) is 0.318. The second kappa shape index (κ2) is 10.3. The lowest BCUT2D eigenvalue weighted by molar-refractivity contribution is -0.148. The Morgan fingerprint density at radius 3 is 2.42 bits per heavy atom. The standard InChI is InChI=1S/C22H24N2O7/c1-28-17-7-5-16(19(14-17)29-2)6-8-21(26)31-15-20(25)23-9-11-24(12-10-23)22(27)18-4-3-13-30-18/h3-8,13-14H,9-12,15H2,1-2H3/b8-6+. The lowest BCUT2D eigenvalue weighted by Gasteiger charge is -2.34. The van der Waals surface area contributed by atoms with Gasteiger partial charge in [0.15, 0.2) is 12.4 Å². The number of esters is 1. The number of carbonyl (C=O) groups excluding carboxylic acids is 3. The lowest BCUT2D eigenvalue weighted by Crippen LogP contribution is -2.51. The molecule has 0 unspecified atom stereocenters. The first-order valence-corrected chi connectivity index (χ1v) is 9.69. The minimum Gasteiger partial charge on any atom is -0.497 e. The summed E-state index contributed by atoms with van der Waals surface area (Å²) in [6.07, 6.45) is 4.22. The first-order chi connectivity index (χ1) is 15.0. The van der Waals surface area contributed by atoms with Crippen molar-refractivity contribution in [2.24, 2.45) is 0 Å². The zero-order valence-corrected chi connectivity index (χ0v) is 17.4. The molecule has 9 heteroatoms. The molecule has 0 saturated carbocycles. The van der Waals surface area contributed by atoms with Gasteiger partial charge >= 0.3 is 5.97 Å². The molecular formula is C22H24N2O7. The first kappa shape index (κ1) is 21.9. The predicted molar refractivity (Wildman–Crippen MR) is 111 cm³/mol. The molecule has 9 nitrogen and oxygen atoms in total. The van der Waals surface area contributed by atoms with Gasteiger partial charge in [0, 0.05) is 43.9 Å². The van der Waals surface area contributed by atoms with E-state index in [4.69, 9.17) is 18.6 Å². The van der Waals surface area contributed by atoms with Crippen LogP contribution in [0, 0.1) is 0 Å². The highest BCUT2D eigenvalue weighted by Gasteiger charge is 2.26. The fourth-order valence-electron chi connectivity index (χ4n) is 3.10. The van der Waals surface area contributed by atoms with Crippen LogP contribution in [0.4, 0.5) is 0 Å². The number of carbonyl (C=O) groups is 3. The van der Waals surface area contributed by atoms with Gasteiger partial charge in [-0.15, -0.1) is 0 Å². The van der Waals surface area contributed by atoms with Gasteiger partial charge in [0.2, 0.25) is 0 Å². The molecule has 1 aliphatic heterocycles.